The lowest BCUT2D eigenvalue weighted by atomic mass is 10.1. The second-order valence-electron chi connectivity index (χ2n) is 7.45. The van der Waals surface area contributed by atoms with Crippen molar-refractivity contribution in [3.63, 3.8) is 0 Å². The van der Waals surface area contributed by atoms with E-state index in [4.69, 9.17) is 19.7 Å². The number of nitrogens with two attached hydrogens (primary N) is 1. The van der Waals surface area contributed by atoms with Crippen LogP contribution in [0.3, 0.4) is 0 Å². The number of aliphatic hydroxyl groups is 1. The monoisotopic (exact) mass is 475 g/mol. The first-order valence-corrected chi connectivity index (χ1v) is 11.2. The molecule has 0 radical (unpaired) electrons. The molecule has 0 bridgehead atoms. The van der Waals surface area contributed by atoms with E-state index in [0.717, 1.165) is 0 Å². The van der Waals surface area contributed by atoms with Gasteiger partial charge in [-0.1, -0.05) is 0 Å². The molecule has 0 aliphatic carbocycles. The topological polar surface area (TPSA) is 176 Å². The Morgan fingerprint density at radius 1 is 1.44 bits per heavy atom. The van der Waals surface area contributed by atoms with Crippen molar-refractivity contribution in [1.29, 1.82) is 0 Å². The van der Waals surface area contributed by atoms with E-state index in [-0.39, 0.29) is 24.3 Å². The van der Waals surface area contributed by atoms with Crippen LogP contribution in [-0.4, -0.2) is 74.8 Å². The van der Waals surface area contributed by atoms with Crippen molar-refractivity contribution in [2.75, 3.05) is 24.7 Å². The van der Waals surface area contributed by atoms with Crippen molar-refractivity contribution in [2.45, 2.75) is 57.5 Å². The van der Waals surface area contributed by atoms with Gasteiger partial charge in [0.2, 0.25) is 5.95 Å². The van der Waals surface area contributed by atoms with E-state index < -0.39 is 44.8 Å². The normalized spacial score (nSPS) is 25.2. The molecule has 1 fully saturated rings. The first-order chi connectivity index (χ1) is 15.1. The van der Waals surface area contributed by atoms with Crippen LogP contribution in [0.2, 0.25) is 0 Å². The molecule has 3 rings (SSSR count). The van der Waals surface area contributed by atoms with E-state index in [9.17, 15) is 18.9 Å². The summed E-state index contributed by atoms with van der Waals surface area (Å²) in [5.41, 5.74) is 6.27. The van der Waals surface area contributed by atoms with Gasteiger partial charge in [-0.25, -0.2) is 14.5 Å². The summed E-state index contributed by atoms with van der Waals surface area (Å²) in [6.45, 7) is 4.48. The van der Waals surface area contributed by atoms with Crippen LogP contribution >= 0.6 is 8.18 Å². The summed E-state index contributed by atoms with van der Waals surface area (Å²) >= 11 is 0. The zero-order valence-electron chi connectivity index (χ0n) is 18.0. The maximum atomic E-state index is 14.9. The number of carbonyl (C=O) groups excluding carboxylic acids is 1. The zero-order chi connectivity index (χ0) is 23.6. The fourth-order valence-corrected chi connectivity index (χ4v) is 4.00. The smallest absolute Gasteiger partial charge is 0.323 e. The highest BCUT2D eigenvalue weighted by Gasteiger charge is 2.46. The number of aliphatic hydroxyl groups excluding tert-OH is 1. The quantitative estimate of drug-likeness (QED) is 0.290. The van der Waals surface area contributed by atoms with Gasteiger partial charge < -0.3 is 30.2 Å². The first-order valence-electron chi connectivity index (χ1n) is 9.91. The van der Waals surface area contributed by atoms with Crippen LogP contribution in [0.4, 0.5) is 16.2 Å². The Labute approximate surface area is 183 Å². The number of hydrogen-bond acceptors (Lipinski definition) is 11. The predicted octanol–water partition coefficient (Wildman–Crippen LogP) is 0.383. The lowest BCUT2D eigenvalue weighted by molar-refractivity contribution is -0.149. The van der Waals surface area contributed by atoms with Crippen LogP contribution < -0.4 is 16.1 Å². The van der Waals surface area contributed by atoms with Crippen molar-refractivity contribution in [2.24, 2.45) is 0 Å². The summed E-state index contributed by atoms with van der Waals surface area (Å²) < 4.78 is 44.1. The van der Waals surface area contributed by atoms with E-state index in [1.54, 1.807) is 20.9 Å². The molecule has 0 amide bonds. The van der Waals surface area contributed by atoms with Crippen LogP contribution in [-0.2, 0) is 23.4 Å². The summed E-state index contributed by atoms with van der Waals surface area (Å²) in [5, 5.41) is 15.6. The molecule has 1 aliphatic rings. The fraction of sp³-hybridized carbons (Fsp3) is 0.647. The number of alkyl halides is 1. The Morgan fingerprint density at radius 3 is 2.81 bits per heavy atom. The molecule has 1 saturated heterocycles. The molecule has 1 unspecified atom stereocenters. The van der Waals surface area contributed by atoms with Crippen LogP contribution in [0.5, 0.6) is 0 Å². The molecule has 5 N–H and O–H groups in total. The minimum absolute atomic E-state index is 0.0489. The standard InChI is InChI=1S/C17H27FN7O6P/c1-7(2)30-16(27)8(3)24-32(28)29-5-9-12(26)10(18)15(31-9)25-6-21-11-13(20-4)22-17(19)23-14(11)25/h6-10,12,15,26,32H,5H2,1-4H3,(H,24,28)(H3,19,20,22,23)/t8-,9+,10+,12+,15+/m0/s1. The second kappa shape index (κ2) is 10.0. The highest BCUT2D eigenvalue weighted by atomic mass is 31.1. The molecule has 32 heavy (non-hydrogen) atoms. The third kappa shape index (κ3) is 5.15. The van der Waals surface area contributed by atoms with Gasteiger partial charge >= 0.3 is 5.97 Å². The summed E-state index contributed by atoms with van der Waals surface area (Å²) in [7, 11) is -1.27. The van der Waals surface area contributed by atoms with E-state index >= 15 is 0 Å². The number of fused-ring (bicyclic) bond motifs is 1. The van der Waals surface area contributed by atoms with Gasteiger partial charge in [0.1, 0.15) is 18.2 Å². The maximum absolute atomic E-state index is 14.9. The molecule has 178 valence electrons. The van der Waals surface area contributed by atoms with Gasteiger partial charge in [-0.05, 0) is 20.8 Å². The number of carbonyl (C=O) groups is 1. The zero-order valence-corrected chi connectivity index (χ0v) is 19.0. The van der Waals surface area contributed by atoms with Crippen LogP contribution in [0.15, 0.2) is 6.33 Å². The van der Waals surface area contributed by atoms with Gasteiger partial charge in [0, 0.05) is 7.05 Å². The number of nitrogen functional groups attached to an aromatic ring is 1. The Hall–Kier alpha value is -2.38. The average molecular weight is 475 g/mol. The first kappa shape index (κ1) is 24.3. The number of hydrogen-bond donors (Lipinski definition) is 4. The summed E-state index contributed by atoms with van der Waals surface area (Å²) in [6.07, 6.45) is -4.80. The fourth-order valence-electron chi connectivity index (χ4n) is 3.13. The molecule has 0 aromatic carbocycles. The van der Waals surface area contributed by atoms with Crippen molar-refractivity contribution in [1.82, 2.24) is 24.6 Å². The highest BCUT2D eigenvalue weighted by Crippen LogP contribution is 2.35. The molecule has 1 aliphatic heterocycles. The Bertz CT molecular complexity index is 992. The van der Waals surface area contributed by atoms with Gasteiger partial charge in [-0.15, -0.1) is 0 Å². The number of imidazole rings is 1. The lowest BCUT2D eigenvalue weighted by Crippen LogP contribution is -2.34. The van der Waals surface area contributed by atoms with Crippen LogP contribution in [0.25, 0.3) is 11.2 Å². The number of rotatable bonds is 9. The molecule has 13 nitrogen and oxygen atoms in total. The van der Waals surface area contributed by atoms with E-state index in [1.165, 1.54) is 17.8 Å². The predicted molar refractivity (Wildman–Crippen MR) is 113 cm³/mol. The Morgan fingerprint density at radius 2 is 2.16 bits per heavy atom. The third-order valence-corrected chi connectivity index (χ3v) is 5.76. The minimum Gasteiger partial charge on any atom is -0.462 e. The van der Waals surface area contributed by atoms with Gasteiger partial charge in [0.15, 0.2) is 29.4 Å². The molecular weight excluding hydrogens is 448 g/mol. The molecule has 2 aromatic heterocycles. The van der Waals surface area contributed by atoms with E-state index in [0.29, 0.717) is 11.3 Å². The molecule has 0 spiro atoms. The molecule has 0 saturated carbocycles. The number of anilines is 2. The summed E-state index contributed by atoms with van der Waals surface area (Å²) in [6, 6.07) is -0.872. The van der Waals surface area contributed by atoms with E-state index in [1.807, 2.05) is 0 Å². The minimum atomic E-state index is -2.89. The van der Waals surface area contributed by atoms with Gasteiger partial charge in [-0.2, -0.15) is 9.97 Å². The third-order valence-electron chi connectivity index (χ3n) is 4.66. The summed E-state index contributed by atoms with van der Waals surface area (Å²) in [5.74, 6) is -0.278. The van der Waals surface area contributed by atoms with E-state index in [2.05, 4.69) is 25.4 Å². The number of esters is 1. The van der Waals surface area contributed by atoms with Crippen molar-refractivity contribution < 1.29 is 32.9 Å². The Kier molecular flexibility index (Phi) is 7.62. The largest absolute Gasteiger partial charge is 0.462 e. The summed E-state index contributed by atoms with van der Waals surface area (Å²) in [4.78, 5) is 24.1. The number of ether oxygens (including phenoxy) is 2. The Balaban J connectivity index is 1.65. The molecule has 6 atom stereocenters. The molecule has 15 heteroatoms. The second-order valence-corrected chi connectivity index (χ2v) is 8.61. The SMILES string of the molecule is CNc1nc(N)nc2c1ncn2[C@@H]1O[C@H](CO[PH](=O)N[C@@H](C)C(=O)OC(C)C)[C@@H](O)[C@H]1F. The van der Waals surface area contributed by atoms with Gasteiger partial charge in [0.25, 0.3) is 8.18 Å². The highest BCUT2D eigenvalue weighted by molar-refractivity contribution is 7.36. The number of nitrogens with one attached hydrogen (secondary N) is 2. The van der Waals surface area contributed by atoms with Crippen LogP contribution in [0.1, 0.15) is 27.0 Å². The van der Waals surface area contributed by atoms with Crippen molar-refractivity contribution in [3.05, 3.63) is 6.33 Å². The molecule has 2 aromatic rings. The number of nitrogens with zero attached hydrogens (tertiary/aromatic N) is 4. The average Bonchev–Trinajstić information content (AvgIpc) is 3.26. The number of aromatic nitrogens is 4. The van der Waals surface area contributed by atoms with Crippen LogP contribution in [0, 0.1) is 0 Å². The van der Waals surface area contributed by atoms with Crippen molar-refractivity contribution >= 4 is 37.1 Å². The van der Waals surface area contributed by atoms with Gasteiger partial charge in [0.05, 0.1) is 19.0 Å². The number of halogens is 1. The molecule has 3 heterocycles. The van der Waals surface area contributed by atoms with Crippen molar-refractivity contribution in [3.8, 4) is 0 Å². The maximum Gasteiger partial charge on any atom is 0.323 e. The lowest BCUT2D eigenvalue weighted by Gasteiger charge is -2.17. The van der Waals surface area contributed by atoms with Gasteiger partial charge in [-0.3, -0.25) is 13.9 Å². The molecular formula is C17H27FN7O6P.